The van der Waals surface area contributed by atoms with Gasteiger partial charge in [0.25, 0.3) is 0 Å². The zero-order valence-corrected chi connectivity index (χ0v) is 19.3. The smallest absolute Gasteiger partial charge is 0.0784 e. The van der Waals surface area contributed by atoms with Crippen LogP contribution in [-0.2, 0) is 0 Å². The highest BCUT2D eigenvalue weighted by molar-refractivity contribution is 4.50. The molecule has 0 rings (SSSR count). The summed E-state index contributed by atoms with van der Waals surface area (Å²) in [4.78, 5) is 0. The maximum Gasteiger partial charge on any atom is 0.0784 e. The fraction of sp³-hybridized carbons (Fsp3) is 1.00. The molecule has 0 fully saturated rings. The normalized spacial score (nSPS) is 13.8. The predicted octanol–water partition coefficient (Wildman–Crippen LogP) is 8.51. The van der Waals surface area contributed by atoms with Crippen LogP contribution in [0.4, 0.5) is 0 Å². The first-order valence-corrected chi connectivity index (χ1v) is 12.5. The zero-order valence-electron chi connectivity index (χ0n) is 19.3. The van der Waals surface area contributed by atoms with Gasteiger partial charge in [-0.2, -0.15) is 0 Å². The van der Waals surface area contributed by atoms with Gasteiger partial charge < -0.3 is 4.48 Å². The van der Waals surface area contributed by atoms with Crippen molar-refractivity contribution in [2.45, 2.75) is 136 Å². The second-order valence-electron chi connectivity index (χ2n) is 9.04. The lowest BCUT2D eigenvalue weighted by atomic mass is 10.0. The number of rotatable bonds is 21. The van der Waals surface area contributed by atoms with Crippen molar-refractivity contribution in [3.8, 4) is 0 Å². The van der Waals surface area contributed by atoms with Crippen LogP contribution in [0.15, 0.2) is 0 Å². The Bertz CT molecular complexity index is 263. The topological polar surface area (TPSA) is 0 Å². The molecule has 0 heterocycles. The molecule has 0 amide bonds. The van der Waals surface area contributed by atoms with Gasteiger partial charge in [-0.3, -0.25) is 0 Å². The van der Waals surface area contributed by atoms with Gasteiger partial charge in [0.05, 0.1) is 26.7 Å². The maximum atomic E-state index is 2.46. The number of quaternary nitrogens is 1. The van der Waals surface area contributed by atoms with E-state index in [4.69, 9.17) is 0 Å². The number of hydrogen-bond donors (Lipinski definition) is 0. The molecule has 1 nitrogen and oxygen atoms in total. The van der Waals surface area contributed by atoms with Crippen molar-refractivity contribution in [1.82, 2.24) is 0 Å². The van der Waals surface area contributed by atoms with Gasteiger partial charge in [-0.15, -0.1) is 0 Å². The molecular formula is C25H54N+. The lowest BCUT2D eigenvalue weighted by Crippen LogP contribution is -2.45. The van der Waals surface area contributed by atoms with E-state index in [1.54, 1.807) is 0 Å². The summed E-state index contributed by atoms with van der Waals surface area (Å²) < 4.78 is 1.30. The highest BCUT2D eigenvalue weighted by Crippen LogP contribution is 2.14. The first-order valence-electron chi connectivity index (χ1n) is 12.5. The van der Waals surface area contributed by atoms with Crippen molar-refractivity contribution < 1.29 is 4.48 Å². The molecule has 0 aromatic heterocycles. The minimum absolute atomic E-state index is 1.30. The molecule has 0 aliphatic rings. The van der Waals surface area contributed by atoms with Gasteiger partial charge in [0, 0.05) is 0 Å². The SMILES string of the molecule is CCCCCCCCCCCCCCCCCC[N+](C)(CC)CCCC. The molecule has 0 radical (unpaired) electrons. The third kappa shape index (κ3) is 17.4. The Morgan fingerprint density at radius 2 is 0.692 bits per heavy atom. The third-order valence-electron chi connectivity index (χ3n) is 6.37. The van der Waals surface area contributed by atoms with Gasteiger partial charge in [-0.05, 0) is 26.2 Å². The van der Waals surface area contributed by atoms with Crippen molar-refractivity contribution in [3.63, 3.8) is 0 Å². The number of hydrogen-bond acceptors (Lipinski definition) is 0. The summed E-state index contributed by atoms with van der Waals surface area (Å²) in [5, 5.41) is 0. The van der Waals surface area contributed by atoms with Crippen LogP contribution in [0.25, 0.3) is 0 Å². The van der Waals surface area contributed by atoms with E-state index in [1.807, 2.05) is 0 Å². The first-order chi connectivity index (χ1) is 12.7. The van der Waals surface area contributed by atoms with Gasteiger partial charge in [-0.1, -0.05) is 110 Å². The van der Waals surface area contributed by atoms with Crippen LogP contribution in [-0.4, -0.2) is 31.2 Å². The van der Waals surface area contributed by atoms with E-state index in [0.29, 0.717) is 0 Å². The van der Waals surface area contributed by atoms with E-state index in [-0.39, 0.29) is 0 Å². The fourth-order valence-electron chi connectivity index (χ4n) is 4.01. The Kier molecular flexibility index (Phi) is 19.7. The molecule has 1 atom stereocenters. The molecule has 0 aliphatic carbocycles. The Labute approximate surface area is 167 Å². The second-order valence-corrected chi connectivity index (χ2v) is 9.04. The standard InChI is InChI=1S/C25H54N/c1-5-8-10-11-12-13-14-15-16-17-18-19-20-21-22-23-25-26(4,7-3)24-9-6-2/h5-25H2,1-4H3/q+1. The van der Waals surface area contributed by atoms with E-state index >= 15 is 0 Å². The van der Waals surface area contributed by atoms with Gasteiger partial charge >= 0.3 is 0 Å². The van der Waals surface area contributed by atoms with Gasteiger partial charge in [0.2, 0.25) is 0 Å². The summed E-state index contributed by atoms with van der Waals surface area (Å²) in [6, 6.07) is 0. The molecule has 1 heteroatoms. The van der Waals surface area contributed by atoms with E-state index in [9.17, 15) is 0 Å². The largest absolute Gasteiger partial charge is 0.326 e. The van der Waals surface area contributed by atoms with E-state index in [2.05, 4.69) is 27.8 Å². The van der Waals surface area contributed by atoms with Crippen LogP contribution in [0.3, 0.4) is 0 Å². The number of unbranched alkanes of at least 4 members (excludes halogenated alkanes) is 16. The lowest BCUT2D eigenvalue weighted by molar-refractivity contribution is -0.908. The molecule has 0 spiro atoms. The summed E-state index contributed by atoms with van der Waals surface area (Å²) in [5.74, 6) is 0. The van der Waals surface area contributed by atoms with Crippen LogP contribution in [0.1, 0.15) is 136 Å². The van der Waals surface area contributed by atoms with E-state index < -0.39 is 0 Å². The average Bonchev–Trinajstić information content (AvgIpc) is 2.66. The molecular weight excluding hydrogens is 314 g/mol. The molecule has 0 saturated carbocycles. The highest BCUT2D eigenvalue weighted by Gasteiger charge is 2.17. The van der Waals surface area contributed by atoms with E-state index in [0.717, 1.165) is 0 Å². The second kappa shape index (κ2) is 19.7. The van der Waals surface area contributed by atoms with Gasteiger partial charge in [0.15, 0.2) is 0 Å². The van der Waals surface area contributed by atoms with Crippen molar-refractivity contribution in [1.29, 1.82) is 0 Å². The molecule has 0 aromatic rings. The molecule has 0 N–H and O–H groups in total. The third-order valence-corrected chi connectivity index (χ3v) is 6.37. The van der Waals surface area contributed by atoms with Crippen LogP contribution in [0.5, 0.6) is 0 Å². The maximum absolute atomic E-state index is 2.46. The Hall–Kier alpha value is -0.0400. The van der Waals surface area contributed by atoms with Crippen LogP contribution in [0.2, 0.25) is 0 Å². The lowest BCUT2D eigenvalue weighted by Gasteiger charge is -2.33. The minimum atomic E-state index is 1.30. The highest BCUT2D eigenvalue weighted by atomic mass is 15.3. The summed E-state index contributed by atoms with van der Waals surface area (Å²) in [6.07, 6.45) is 26.2. The van der Waals surface area contributed by atoms with Crippen LogP contribution in [0, 0.1) is 0 Å². The average molecular weight is 369 g/mol. The molecule has 0 bridgehead atoms. The quantitative estimate of drug-likeness (QED) is 0.141. The monoisotopic (exact) mass is 368 g/mol. The Morgan fingerprint density at radius 3 is 1.04 bits per heavy atom. The Morgan fingerprint density at radius 1 is 0.385 bits per heavy atom. The minimum Gasteiger partial charge on any atom is -0.326 e. The molecule has 0 aromatic carbocycles. The van der Waals surface area contributed by atoms with E-state index in [1.165, 1.54) is 140 Å². The van der Waals surface area contributed by atoms with Crippen molar-refractivity contribution in [2.24, 2.45) is 0 Å². The summed E-state index contributed by atoms with van der Waals surface area (Å²) >= 11 is 0. The van der Waals surface area contributed by atoms with Crippen molar-refractivity contribution in [3.05, 3.63) is 0 Å². The van der Waals surface area contributed by atoms with Gasteiger partial charge in [-0.25, -0.2) is 0 Å². The number of nitrogens with zero attached hydrogens (tertiary/aromatic N) is 1. The molecule has 0 aliphatic heterocycles. The summed E-state index contributed by atoms with van der Waals surface area (Å²) in [7, 11) is 2.46. The van der Waals surface area contributed by atoms with Crippen LogP contribution < -0.4 is 0 Å². The molecule has 158 valence electrons. The van der Waals surface area contributed by atoms with Crippen molar-refractivity contribution >= 4 is 0 Å². The van der Waals surface area contributed by atoms with Gasteiger partial charge in [0.1, 0.15) is 0 Å². The predicted molar refractivity (Wildman–Crippen MR) is 121 cm³/mol. The molecule has 0 saturated heterocycles. The summed E-state index contributed by atoms with van der Waals surface area (Å²) in [6.45, 7) is 11.1. The van der Waals surface area contributed by atoms with Crippen molar-refractivity contribution in [2.75, 3.05) is 26.7 Å². The summed E-state index contributed by atoms with van der Waals surface area (Å²) in [5.41, 5.74) is 0. The van der Waals surface area contributed by atoms with Crippen LogP contribution >= 0.6 is 0 Å². The fourth-order valence-corrected chi connectivity index (χ4v) is 4.01. The molecule has 1 unspecified atom stereocenters. The zero-order chi connectivity index (χ0) is 19.3. The molecule has 26 heavy (non-hydrogen) atoms. The Balaban J connectivity index is 3.24. The first kappa shape index (κ1) is 26.0.